The van der Waals surface area contributed by atoms with Gasteiger partial charge in [-0.2, -0.15) is 0 Å². The molecule has 27 heavy (non-hydrogen) atoms. The van der Waals surface area contributed by atoms with Gasteiger partial charge in [-0.1, -0.05) is 29.5 Å². The summed E-state index contributed by atoms with van der Waals surface area (Å²) in [7, 11) is 0. The van der Waals surface area contributed by atoms with Crippen LogP contribution in [0.2, 0.25) is 0 Å². The molecule has 0 aliphatic heterocycles. The number of thiazole rings is 1. The second-order valence-corrected chi connectivity index (χ2v) is 7.25. The maximum absolute atomic E-state index is 12.3. The highest BCUT2D eigenvalue weighted by Gasteiger charge is 2.11. The Hall–Kier alpha value is -3.26. The van der Waals surface area contributed by atoms with Gasteiger partial charge >= 0.3 is 5.69 Å². The summed E-state index contributed by atoms with van der Waals surface area (Å²) in [5, 5.41) is 3.72. The van der Waals surface area contributed by atoms with Crippen LogP contribution in [0.1, 0.15) is 12.0 Å². The SMILES string of the molecule is Cc1ccc2nc(NC(=O)CCn3c(=O)[nH]c(=O)c4ccccc43)sc2c1. The number of aromatic amines is 1. The molecule has 0 saturated heterocycles. The average molecular weight is 380 g/mol. The van der Waals surface area contributed by atoms with Crippen LogP contribution >= 0.6 is 11.3 Å². The number of aromatic nitrogens is 3. The van der Waals surface area contributed by atoms with E-state index in [1.165, 1.54) is 15.9 Å². The summed E-state index contributed by atoms with van der Waals surface area (Å²) in [6.45, 7) is 2.16. The highest BCUT2D eigenvalue weighted by Crippen LogP contribution is 2.26. The van der Waals surface area contributed by atoms with Crippen LogP contribution in [0, 0.1) is 6.92 Å². The van der Waals surface area contributed by atoms with Gasteiger partial charge in [0.05, 0.1) is 21.1 Å². The lowest BCUT2D eigenvalue weighted by atomic mass is 10.2. The van der Waals surface area contributed by atoms with Crippen molar-refractivity contribution in [3.05, 3.63) is 68.9 Å². The molecule has 0 spiro atoms. The van der Waals surface area contributed by atoms with Crippen molar-refractivity contribution in [2.45, 2.75) is 19.9 Å². The predicted octanol–water partition coefficient (Wildman–Crippen LogP) is 2.64. The van der Waals surface area contributed by atoms with Crippen molar-refractivity contribution >= 4 is 43.5 Å². The largest absolute Gasteiger partial charge is 0.328 e. The van der Waals surface area contributed by atoms with E-state index in [1.54, 1.807) is 24.3 Å². The van der Waals surface area contributed by atoms with Crippen LogP contribution in [0.15, 0.2) is 52.1 Å². The summed E-state index contributed by atoms with van der Waals surface area (Å²) in [4.78, 5) is 43.0. The van der Waals surface area contributed by atoms with Gasteiger partial charge < -0.3 is 5.32 Å². The molecule has 8 heteroatoms. The number of hydrogen-bond acceptors (Lipinski definition) is 5. The fourth-order valence-electron chi connectivity index (χ4n) is 2.94. The zero-order valence-corrected chi connectivity index (χ0v) is 15.3. The maximum Gasteiger partial charge on any atom is 0.328 e. The molecule has 2 aromatic heterocycles. The topological polar surface area (TPSA) is 96.8 Å². The molecule has 2 heterocycles. The number of H-pyrrole nitrogens is 1. The summed E-state index contributed by atoms with van der Waals surface area (Å²) in [5.41, 5.74) is 1.52. The first kappa shape index (κ1) is 17.2. The number of carbonyl (C=O) groups excluding carboxylic acids is 1. The first-order valence-electron chi connectivity index (χ1n) is 8.40. The standard InChI is InChI=1S/C19H16N4O3S/c1-11-6-7-13-15(10-11)27-18(20-13)21-16(24)8-9-23-14-5-3-2-4-12(14)17(25)22-19(23)26/h2-7,10H,8-9H2,1H3,(H,20,21,24)(H,22,25,26). The van der Waals surface area contributed by atoms with Gasteiger partial charge in [-0.15, -0.1) is 0 Å². The molecule has 7 nitrogen and oxygen atoms in total. The lowest BCUT2D eigenvalue weighted by molar-refractivity contribution is -0.116. The Morgan fingerprint density at radius 3 is 2.89 bits per heavy atom. The third-order valence-corrected chi connectivity index (χ3v) is 5.19. The zero-order valence-electron chi connectivity index (χ0n) is 14.5. The molecule has 4 aromatic rings. The van der Waals surface area contributed by atoms with E-state index in [4.69, 9.17) is 0 Å². The minimum absolute atomic E-state index is 0.0882. The number of carbonyl (C=O) groups is 1. The second-order valence-electron chi connectivity index (χ2n) is 6.22. The number of benzene rings is 2. The Morgan fingerprint density at radius 2 is 2.04 bits per heavy atom. The number of fused-ring (bicyclic) bond motifs is 2. The fourth-order valence-corrected chi connectivity index (χ4v) is 3.93. The molecular formula is C19H16N4O3S. The van der Waals surface area contributed by atoms with E-state index in [1.807, 2.05) is 25.1 Å². The predicted molar refractivity (Wildman–Crippen MR) is 106 cm³/mol. The van der Waals surface area contributed by atoms with Crippen molar-refractivity contribution in [2.24, 2.45) is 0 Å². The Kier molecular flexibility index (Phi) is 4.33. The lowest BCUT2D eigenvalue weighted by Gasteiger charge is -2.08. The first-order valence-corrected chi connectivity index (χ1v) is 9.22. The van der Waals surface area contributed by atoms with Crippen LogP contribution in [-0.4, -0.2) is 20.4 Å². The Morgan fingerprint density at radius 1 is 1.22 bits per heavy atom. The highest BCUT2D eigenvalue weighted by molar-refractivity contribution is 7.22. The summed E-state index contributed by atoms with van der Waals surface area (Å²) in [6.07, 6.45) is 0.0882. The molecule has 0 aliphatic rings. The molecule has 0 aliphatic carbocycles. The van der Waals surface area contributed by atoms with Gasteiger partial charge in [-0.3, -0.25) is 19.1 Å². The molecule has 0 atom stereocenters. The number of nitrogens with one attached hydrogen (secondary N) is 2. The third-order valence-electron chi connectivity index (χ3n) is 4.26. The van der Waals surface area contributed by atoms with Crippen LogP contribution in [0.3, 0.4) is 0 Å². The van der Waals surface area contributed by atoms with E-state index in [2.05, 4.69) is 15.3 Å². The lowest BCUT2D eigenvalue weighted by Crippen LogP contribution is -2.31. The van der Waals surface area contributed by atoms with Crippen molar-refractivity contribution in [1.82, 2.24) is 14.5 Å². The number of anilines is 1. The van der Waals surface area contributed by atoms with E-state index in [9.17, 15) is 14.4 Å². The average Bonchev–Trinajstić information content (AvgIpc) is 3.02. The van der Waals surface area contributed by atoms with E-state index < -0.39 is 11.2 Å². The molecule has 0 saturated carbocycles. The van der Waals surface area contributed by atoms with Crippen molar-refractivity contribution in [2.75, 3.05) is 5.32 Å². The van der Waals surface area contributed by atoms with E-state index >= 15 is 0 Å². The van der Waals surface area contributed by atoms with Crippen molar-refractivity contribution in [3.63, 3.8) is 0 Å². The van der Waals surface area contributed by atoms with Gasteiger partial charge in [-0.25, -0.2) is 9.78 Å². The molecule has 2 aromatic carbocycles. The fraction of sp³-hybridized carbons (Fsp3) is 0.158. The van der Waals surface area contributed by atoms with Crippen molar-refractivity contribution < 1.29 is 4.79 Å². The Balaban J connectivity index is 1.53. The van der Waals surface area contributed by atoms with Crippen molar-refractivity contribution in [1.29, 1.82) is 0 Å². The van der Waals surface area contributed by atoms with E-state index in [0.717, 1.165) is 15.8 Å². The van der Waals surface area contributed by atoms with Gasteiger partial charge in [-0.05, 0) is 36.8 Å². The summed E-state index contributed by atoms with van der Waals surface area (Å²) in [6, 6.07) is 12.7. The van der Waals surface area contributed by atoms with Gasteiger partial charge in [0.1, 0.15) is 0 Å². The van der Waals surface area contributed by atoms with Crippen LogP contribution in [0.5, 0.6) is 0 Å². The monoisotopic (exact) mass is 380 g/mol. The third kappa shape index (κ3) is 3.39. The first-order chi connectivity index (χ1) is 13.0. The van der Waals surface area contributed by atoms with Gasteiger partial charge in [0.2, 0.25) is 5.91 Å². The minimum atomic E-state index is -0.526. The normalized spacial score (nSPS) is 11.1. The number of para-hydroxylation sites is 1. The summed E-state index contributed by atoms with van der Waals surface area (Å²) in [5.74, 6) is -0.243. The quantitative estimate of drug-likeness (QED) is 0.569. The molecule has 136 valence electrons. The molecule has 1 amide bonds. The number of amides is 1. The second kappa shape index (κ2) is 6.81. The number of aryl methyl sites for hydroxylation is 2. The van der Waals surface area contributed by atoms with Crippen molar-refractivity contribution in [3.8, 4) is 0 Å². The van der Waals surface area contributed by atoms with Gasteiger partial charge in [0.15, 0.2) is 5.13 Å². The summed E-state index contributed by atoms with van der Waals surface area (Å²) >= 11 is 1.41. The minimum Gasteiger partial charge on any atom is -0.302 e. The zero-order chi connectivity index (χ0) is 19.0. The van der Waals surface area contributed by atoms with E-state index in [-0.39, 0.29) is 18.9 Å². The molecule has 0 radical (unpaired) electrons. The van der Waals surface area contributed by atoms with Gasteiger partial charge in [0, 0.05) is 13.0 Å². The molecule has 0 unspecified atom stereocenters. The number of rotatable bonds is 4. The smallest absolute Gasteiger partial charge is 0.302 e. The van der Waals surface area contributed by atoms with Crippen LogP contribution in [-0.2, 0) is 11.3 Å². The molecule has 2 N–H and O–H groups in total. The molecule has 4 rings (SSSR count). The summed E-state index contributed by atoms with van der Waals surface area (Å²) < 4.78 is 2.41. The highest BCUT2D eigenvalue weighted by atomic mass is 32.1. The molecule has 0 fully saturated rings. The van der Waals surface area contributed by atoms with E-state index in [0.29, 0.717) is 16.0 Å². The Bertz CT molecular complexity index is 1290. The number of hydrogen-bond donors (Lipinski definition) is 2. The maximum atomic E-state index is 12.3. The van der Waals surface area contributed by atoms with Crippen LogP contribution in [0.25, 0.3) is 21.1 Å². The van der Waals surface area contributed by atoms with Crippen LogP contribution in [0.4, 0.5) is 5.13 Å². The Labute approximate surface area is 157 Å². The number of nitrogens with zero attached hydrogens (tertiary/aromatic N) is 2. The molecule has 0 bridgehead atoms. The van der Waals surface area contributed by atoms with Crippen LogP contribution < -0.4 is 16.6 Å². The van der Waals surface area contributed by atoms with Gasteiger partial charge in [0.25, 0.3) is 5.56 Å². The molecular weight excluding hydrogens is 364 g/mol.